The highest BCUT2D eigenvalue weighted by molar-refractivity contribution is 5.80. The van der Waals surface area contributed by atoms with Gasteiger partial charge in [-0.1, -0.05) is 30.3 Å². The average molecular weight is 442 g/mol. The molecule has 0 aliphatic carbocycles. The van der Waals surface area contributed by atoms with Crippen molar-refractivity contribution in [2.75, 3.05) is 47.6 Å². The lowest BCUT2D eigenvalue weighted by molar-refractivity contribution is 0.0906. The van der Waals surface area contributed by atoms with Crippen molar-refractivity contribution in [2.24, 2.45) is 10.9 Å². The van der Waals surface area contributed by atoms with Gasteiger partial charge in [-0.05, 0) is 36.6 Å². The molecule has 7 nitrogen and oxygen atoms in total. The Kier molecular flexibility index (Phi) is 9.04. The quantitative estimate of drug-likeness (QED) is 0.448. The molecule has 174 valence electrons. The molecule has 1 aliphatic rings. The van der Waals surface area contributed by atoms with Gasteiger partial charge in [0, 0.05) is 25.6 Å². The van der Waals surface area contributed by atoms with Crippen molar-refractivity contribution in [3.63, 3.8) is 0 Å². The third kappa shape index (κ3) is 6.29. The van der Waals surface area contributed by atoms with Crippen LogP contribution in [0.4, 0.5) is 0 Å². The molecule has 0 bridgehead atoms. The lowest BCUT2D eigenvalue weighted by Crippen LogP contribution is -2.40. The molecule has 0 saturated carbocycles. The van der Waals surface area contributed by atoms with E-state index in [1.807, 2.05) is 30.3 Å². The molecule has 1 heterocycles. The fourth-order valence-corrected chi connectivity index (χ4v) is 3.90. The monoisotopic (exact) mass is 441 g/mol. The highest BCUT2D eigenvalue weighted by atomic mass is 16.5. The Morgan fingerprint density at radius 3 is 2.38 bits per heavy atom. The molecule has 1 N–H and O–H groups in total. The predicted octanol–water partition coefficient (Wildman–Crippen LogP) is 3.72. The lowest BCUT2D eigenvalue weighted by atomic mass is 10.1. The van der Waals surface area contributed by atoms with Crippen molar-refractivity contribution in [3.8, 4) is 17.2 Å². The lowest BCUT2D eigenvalue weighted by Gasteiger charge is -2.22. The smallest absolute Gasteiger partial charge is 0.203 e. The third-order valence-corrected chi connectivity index (χ3v) is 5.52. The Morgan fingerprint density at radius 2 is 1.75 bits per heavy atom. The molecule has 2 aromatic carbocycles. The Hall–Kier alpha value is -2.93. The molecule has 2 aromatic rings. The molecule has 0 spiro atoms. The second-order valence-corrected chi connectivity index (χ2v) is 7.81. The zero-order valence-electron chi connectivity index (χ0n) is 19.6. The summed E-state index contributed by atoms with van der Waals surface area (Å²) < 4.78 is 22.3. The van der Waals surface area contributed by atoms with Crippen LogP contribution in [0, 0.1) is 5.92 Å². The molecule has 1 fully saturated rings. The predicted molar refractivity (Wildman–Crippen MR) is 127 cm³/mol. The van der Waals surface area contributed by atoms with Crippen molar-refractivity contribution < 1.29 is 18.9 Å². The van der Waals surface area contributed by atoms with Crippen LogP contribution in [-0.4, -0.2) is 58.4 Å². The van der Waals surface area contributed by atoms with E-state index in [9.17, 15) is 0 Å². The molecule has 0 radical (unpaired) electrons. The molecule has 1 atom stereocenters. The van der Waals surface area contributed by atoms with E-state index in [-0.39, 0.29) is 0 Å². The molecule has 1 saturated heterocycles. The second-order valence-electron chi connectivity index (χ2n) is 7.81. The summed E-state index contributed by atoms with van der Waals surface area (Å²) in [5.41, 5.74) is 2.21. The maximum Gasteiger partial charge on any atom is 0.203 e. The van der Waals surface area contributed by atoms with Crippen molar-refractivity contribution >= 4 is 5.96 Å². The number of hydrogen-bond acceptors (Lipinski definition) is 5. The van der Waals surface area contributed by atoms with Gasteiger partial charge in [0.05, 0.1) is 41.1 Å². The highest BCUT2D eigenvalue weighted by Gasteiger charge is 2.25. The molecule has 1 unspecified atom stereocenters. The van der Waals surface area contributed by atoms with E-state index in [4.69, 9.17) is 23.9 Å². The average Bonchev–Trinajstić information content (AvgIpc) is 3.30. The van der Waals surface area contributed by atoms with Gasteiger partial charge in [-0.2, -0.15) is 0 Å². The van der Waals surface area contributed by atoms with Crippen molar-refractivity contribution in [1.82, 2.24) is 10.2 Å². The number of nitrogens with zero attached hydrogens (tertiary/aromatic N) is 2. The summed E-state index contributed by atoms with van der Waals surface area (Å²) in [4.78, 5) is 7.19. The van der Waals surface area contributed by atoms with Gasteiger partial charge in [0.2, 0.25) is 5.75 Å². The van der Waals surface area contributed by atoms with Gasteiger partial charge in [-0.25, -0.2) is 4.99 Å². The number of rotatable bonds is 10. The van der Waals surface area contributed by atoms with E-state index < -0.39 is 0 Å². The zero-order valence-corrected chi connectivity index (χ0v) is 19.6. The summed E-state index contributed by atoms with van der Waals surface area (Å²) in [7, 11) is 4.85. The first kappa shape index (κ1) is 23.7. The number of benzene rings is 2. The topological polar surface area (TPSA) is 64.6 Å². The van der Waals surface area contributed by atoms with Gasteiger partial charge in [0.25, 0.3) is 0 Å². The number of nitrogens with one attached hydrogen (secondary N) is 1. The maximum absolute atomic E-state index is 5.97. The van der Waals surface area contributed by atoms with Crippen LogP contribution >= 0.6 is 0 Å². The third-order valence-electron chi connectivity index (χ3n) is 5.52. The number of likely N-dealkylation sites (tertiary alicyclic amines) is 1. The van der Waals surface area contributed by atoms with Crippen LogP contribution < -0.4 is 19.5 Å². The van der Waals surface area contributed by atoms with Gasteiger partial charge >= 0.3 is 0 Å². The minimum atomic E-state index is 0.503. The van der Waals surface area contributed by atoms with E-state index >= 15 is 0 Å². The SMILES string of the molecule is CCNC(=NCc1cc(OC)c(OC)c(OC)c1)N1CCC(COCc2ccccc2)C1. The molecule has 32 heavy (non-hydrogen) atoms. The number of ether oxygens (including phenoxy) is 4. The van der Waals surface area contributed by atoms with E-state index in [2.05, 4.69) is 29.3 Å². The minimum Gasteiger partial charge on any atom is -0.493 e. The first-order valence-corrected chi connectivity index (χ1v) is 11.1. The maximum atomic E-state index is 5.97. The summed E-state index contributed by atoms with van der Waals surface area (Å²) >= 11 is 0. The Morgan fingerprint density at radius 1 is 1.03 bits per heavy atom. The summed E-state index contributed by atoms with van der Waals surface area (Å²) in [6.45, 7) is 6.76. The molecule has 1 aliphatic heterocycles. The molecular weight excluding hydrogens is 406 g/mol. The molecule has 3 rings (SSSR count). The van der Waals surface area contributed by atoms with E-state index in [0.717, 1.165) is 44.2 Å². The fourth-order valence-electron chi connectivity index (χ4n) is 3.90. The van der Waals surface area contributed by atoms with Crippen molar-refractivity contribution in [2.45, 2.75) is 26.5 Å². The van der Waals surface area contributed by atoms with Crippen LogP contribution in [0.5, 0.6) is 17.2 Å². The summed E-state index contributed by atoms with van der Waals surface area (Å²) in [6, 6.07) is 14.2. The second kappa shape index (κ2) is 12.2. The van der Waals surface area contributed by atoms with Gasteiger partial charge < -0.3 is 29.2 Å². The first-order chi connectivity index (χ1) is 15.7. The summed E-state index contributed by atoms with van der Waals surface area (Å²) in [6.07, 6.45) is 1.10. The van der Waals surface area contributed by atoms with Crippen LogP contribution in [0.25, 0.3) is 0 Å². The van der Waals surface area contributed by atoms with E-state index in [1.165, 1.54) is 5.56 Å². The van der Waals surface area contributed by atoms with Crippen LogP contribution in [0.1, 0.15) is 24.5 Å². The van der Waals surface area contributed by atoms with E-state index in [1.54, 1.807) is 21.3 Å². The molecular formula is C25H35N3O4. The summed E-state index contributed by atoms with van der Waals surface area (Å²) in [5.74, 6) is 3.29. The number of aliphatic imine (C=N–C) groups is 1. The summed E-state index contributed by atoms with van der Waals surface area (Å²) in [5, 5.41) is 3.42. The minimum absolute atomic E-state index is 0.503. The number of hydrogen-bond donors (Lipinski definition) is 1. The van der Waals surface area contributed by atoms with Crippen LogP contribution in [0.3, 0.4) is 0 Å². The van der Waals surface area contributed by atoms with Crippen LogP contribution in [0.2, 0.25) is 0 Å². The van der Waals surface area contributed by atoms with Crippen LogP contribution in [-0.2, 0) is 17.9 Å². The van der Waals surface area contributed by atoms with Gasteiger partial charge in [0.15, 0.2) is 17.5 Å². The normalized spacial score (nSPS) is 16.2. The molecule has 0 aromatic heterocycles. The Labute approximate surface area is 191 Å². The first-order valence-electron chi connectivity index (χ1n) is 11.1. The van der Waals surface area contributed by atoms with Gasteiger partial charge in [-0.15, -0.1) is 0 Å². The van der Waals surface area contributed by atoms with Gasteiger partial charge in [-0.3, -0.25) is 0 Å². The fraction of sp³-hybridized carbons (Fsp3) is 0.480. The largest absolute Gasteiger partial charge is 0.493 e. The number of guanidine groups is 1. The van der Waals surface area contributed by atoms with Crippen molar-refractivity contribution in [3.05, 3.63) is 53.6 Å². The van der Waals surface area contributed by atoms with Crippen LogP contribution in [0.15, 0.2) is 47.5 Å². The highest BCUT2D eigenvalue weighted by Crippen LogP contribution is 2.38. The van der Waals surface area contributed by atoms with Gasteiger partial charge in [0.1, 0.15) is 0 Å². The Balaban J connectivity index is 1.60. The zero-order chi connectivity index (χ0) is 22.8. The van der Waals surface area contributed by atoms with E-state index in [0.29, 0.717) is 36.3 Å². The number of methoxy groups -OCH3 is 3. The standard InChI is InChI=1S/C25H35N3O4/c1-5-26-25(27-15-21-13-22(29-2)24(31-4)23(14-21)30-3)28-12-11-20(16-28)18-32-17-19-9-7-6-8-10-19/h6-10,13-14,20H,5,11-12,15-18H2,1-4H3,(H,26,27). The molecule has 0 amide bonds. The van der Waals surface area contributed by atoms with Crippen molar-refractivity contribution in [1.29, 1.82) is 0 Å². The Bertz CT molecular complexity index is 848. The molecule has 7 heteroatoms.